The van der Waals surface area contributed by atoms with Crippen molar-refractivity contribution in [1.29, 1.82) is 0 Å². The number of piperidine rings is 1. The molecule has 1 saturated heterocycles. The van der Waals surface area contributed by atoms with Crippen LogP contribution in [0.1, 0.15) is 45.4 Å². The van der Waals surface area contributed by atoms with E-state index >= 15 is 0 Å². The lowest BCUT2D eigenvalue weighted by Crippen LogP contribution is -2.46. The highest BCUT2D eigenvalue weighted by Crippen LogP contribution is 2.18. The second-order valence-electron chi connectivity index (χ2n) is 6.96. The molecule has 0 saturated carbocycles. The van der Waals surface area contributed by atoms with Gasteiger partial charge in [-0.05, 0) is 44.7 Å². The van der Waals surface area contributed by atoms with Gasteiger partial charge in [0.05, 0.1) is 0 Å². The monoisotopic (exact) mass is 489 g/mol. The molecule has 1 unspecified atom stereocenters. The fourth-order valence-electron chi connectivity index (χ4n) is 3.61. The van der Waals surface area contributed by atoms with Gasteiger partial charge < -0.3 is 15.2 Å². The van der Waals surface area contributed by atoms with Gasteiger partial charge in [0.25, 0.3) is 0 Å². The third kappa shape index (κ3) is 8.64. The highest BCUT2D eigenvalue weighted by molar-refractivity contribution is 14.0. The van der Waals surface area contributed by atoms with Crippen LogP contribution in [0.4, 0.5) is 0 Å². The molecule has 1 aliphatic heterocycles. The first-order valence-electron chi connectivity index (χ1n) is 10.1. The van der Waals surface area contributed by atoms with E-state index in [9.17, 15) is 4.79 Å². The maximum Gasteiger partial charge on any atom is 0.250 e. The Labute approximate surface area is 180 Å². The van der Waals surface area contributed by atoms with E-state index in [-0.39, 0.29) is 29.5 Å². The Morgan fingerprint density at radius 2 is 2.00 bits per heavy atom. The van der Waals surface area contributed by atoms with Crippen LogP contribution in [-0.4, -0.2) is 54.7 Å². The summed E-state index contributed by atoms with van der Waals surface area (Å²) in [5.41, 5.74) is 0.0704. The molecule has 6 nitrogen and oxygen atoms in total. The molecule has 2 heterocycles. The first-order valence-corrected chi connectivity index (χ1v) is 10.1. The van der Waals surface area contributed by atoms with E-state index in [0.717, 1.165) is 51.0 Å². The number of guanidine groups is 1. The Morgan fingerprint density at radius 1 is 1.19 bits per heavy atom. The molecule has 1 atom stereocenters. The van der Waals surface area contributed by atoms with E-state index in [1.54, 1.807) is 16.7 Å². The summed E-state index contributed by atoms with van der Waals surface area (Å²) in [5.74, 6) is 0.868. The van der Waals surface area contributed by atoms with E-state index in [1.165, 1.54) is 32.2 Å². The van der Waals surface area contributed by atoms with Gasteiger partial charge in [0.2, 0.25) is 5.56 Å². The fourth-order valence-corrected chi connectivity index (χ4v) is 3.61. The molecule has 0 radical (unpaired) electrons. The molecule has 1 fully saturated rings. The number of aromatic nitrogens is 1. The summed E-state index contributed by atoms with van der Waals surface area (Å²) in [5, 5.41) is 6.79. The van der Waals surface area contributed by atoms with Gasteiger partial charge in [-0.3, -0.25) is 14.7 Å². The van der Waals surface area contributed by atoms with E-state index in [0.29, 0.717) is 0 Å². The summed E-state index contributed by atoms with van der Waals surface area (Å²) in [6.45, 7) is 7.15. The molecule has 0 aromatic carbocycles. The van der Waals surface area contributed by atoms with Gasteiger partial charge in [-0.25, -0.2) is 0 Å². The lowest BCUT2D eigenvalue weighted by Gasteiger charge is -2.35. The number of hydrogen-bond acceptors (Lipinski definition) is 3. The van der Waals surface area contributed by atoms with Gasteiger partial charge in [0.1, 0.15) is 0 Å². The Bertz CT molecular complexity index is 604. The minimum atomic E-state index is 0. The van der Waals surface area contributed by atoms with Gasteiger partial charge in [-0.2, -0.15) is 0 Å². The zero-order valence-corrected chi connectivity index (χ0v) is 19.2. The Hall–Kier alpha value is -1.09. The zero-order valence-electron chi connectivity index (χ0n) is 16.8. The molecule has 2 N–H and O–H groups in total. The second kappa shape index (κ2) is 14.0. The predicted molar refractivity (Wildman–Crippen MR) is 124 cm³/mol. The number of aliphatic imine (C=N–C) groups is 1. The van der Waals surface area contributed by atoms with E-state index in [4.69, 9.17) is 0 Å². The van der Waals surface area contributed by atoms with E-state index in [2.05, 4.69) is 27.4 Å². The van der Waals surface area contributed by atoms with Crippen molar-refractivity contribution in [2.24, 2.45) is 4.99 Å². The Morgan fingerprint density at radius 3 is 2.74 bits per heavy atom. The Kier molecular flexibility index (Phi) is 12.4. The predicted octanol–water partition coefficient (Wildman–Crippen LogP) is 2.68. The summed E-state index contributed by atoms with van der Waals surface area (Å²) >= 11 is 0. The summed E-state index contributed by atoms with van der Waals surface area (Å²) in [4.78, 5) is 18.6. The van der Waals surface area contributed by atoms with Crippen LogP contribution in [-0.2, 0) is 6.54 Å². The molecule has 1 aromatic rings. The summed E-state index contributed by atoms with van der Waals surface area (Å²) in [6, 6.07) is 6.04. The number of halogens is 1. The van der Waals surface area contributed by atoms with Crippen molar-refractivity contribution < 1.29 is 0 Å². The third-order valence-electron chi connectivity index (χ3n) is 5.15. The Balaban J connectivity index is 0.00000364. The van der Waals surface area contributed by atoms with Crippen molar-refractivity contribution in [3.05, 3.63) is 34.7 Å². The van der Waals surface area contributed by atoms with Crippen LogP contribution in [0.2, 0.25) is 0 Å². The fraction of sp³-hybridized carbons (Fsp3) is 0.700. The maximum absolute atomic E-state index is 11.6. The van der Waals surface area contributed by atoms with Gasteiger partial charge in [-0.1, -0.05) is 19.4 Å². The average Bonchev–Trinajstić information content (AvgIpc) is 2.68. The van der Waals surface area contributed by atoms with Crippen LogP contribution >= 0.6 is 24.0 Å². The molecule has 0 bridgehead atoms. The number of likely N-dealkylation sites (tertiary alicyclic amines) is 1. The summed E-state index contributed by atoms with van der Waals surface area (Å²) in [7, 11) is 1.81. The van der Waals surface area contributed by atoms with Crippen LogP contribution in [0, 0.1) is 0 Å². The molecule has 2 rings (SSSR count). The van der Waals surface area contributed by atoms with E-state index < -0.39 is 0 Å². The minimum absolute atomic E-state index is 0. The number of aryl methyl sites for hydroxylation is 1. The summed E-state index contributed by atoms with van der Waals surface area (Å²) in [6.07, 6.45) is 9.12. The lowest BCUT2D eigenvalue weighted by atomic mass is 10.0. The number of rotatable bonds is 9. The molecule has 0 amide bonds. The van der Waals surface area contributed by atoms with Gasteiger partial charge >= 0.3 is 0 Å². The second-order valence-corrected chi connectivity index (χ2v) is 6.96. The largest absolute Gasteiger partial charge is 0.356 e. The van der Waals surface area contributed by atoms with Gasteiger partial charge in [-0.15, -0.1) is 24.0 Å². The lowest BCUT2D eigenvalue weighted by molar-refractivity contribution is 0.147. The molecule has 154 valence electrons. The smallest absolute Gasteiger partial charge is 0.250 e. The van der Waals surface area contributed by atoms with Gasteiger partial charge in [0.15, 0.2) is 5.96 Å². The normalized spacial score (nSPS) is 18.0. The number of nitrogens with zero attached hydrogens (tertiary/aromatic N) is 3. The quantitative estimate of drug-likeness (QED) is 0.243. The third-order valence-corrected chi connectivity index (χ3v) is 5.15. The molecule has 27 heavy (non-hydrogen) atoms. The molecule has 1 aromatic heterocycles. The van der Waals surface area contributed by atoms with Crippen LogP contribution in [0.3, 0.4) is 0 Å². The number of unbranched alkanes of at least 4 members (excludes halogenated alkanes) is 1. The summed E-state index contributed by atoms with van der Waals surface area (Å²) < 4.78 is 1.76. The van der Waals surface area contributed by atoms with Crippen LogP contribution < -0.4 is 16.2 Å². The van der Waals surface area contributed by atoms with Crippen LogP contribution in [0.25, 0.3) is 0 Å². The van der Waals surface area contributed by atoms with Crippen molar-refractivity contribution in [2.45, 2.75) is 58.0 Å². The number of nitrogens with one attached hydrogen (secondary N) is 2. The van der Waals surface area contributed by atoms with Crippen molar-refractivity contribution in [2.75, 3.05) is 33.2 Å². The molecular weight excluding hydrogens is 453 g/mol. The average molecular weight is 489 g/mol. The SMILES string of the molecule is CCC1CCCCN1CCNC(=NC)NCCCCn1ccccc1=O.I. The number of hydrogen-bond donors (Lipinski definition) is 2. The van der Waals surface area contributed by atoms with Crippen molar-refractivity contribution in [3.63, 3.8) is 0 Å². The molecule has 7 heteroatoms. The molecule has 1 aliphatic rings. The zero-order chi connectivity index (χ0) is 18.6. The molecular formula is C20H36IN5O. The van der Waals surface area contributed by atoms with Crippen molar-refractivity contribution in [3.8, 4) is 0 Å². The first kappa shape index (κ1) is 23.9. The number of pyridine rings is 1. The maximum atomic E-state index is 11.6. The first-order chi connectivity index (χ1) is 12.7. The van der Waals surface area contributed by atoms with Crippen molar-refractivity contribution in [1.82, 2.24) is 20.1 Å². The topological polar surface area (TPSA) is 61.7 Å². The van der Waals surface area contributed by atoms with Crippen LogP contribution in [0.15, 0.2) is 34.2 Å². The molecule has 0 aliphatic carbocycles. The van der Waals surface area contributed by atoms with Crippen molar-refractivity contribution >= 4 is 29.9 Å². The molecule has 0 spiro atoms. The standard InChI is InChI=1S/C20H35N5O.HI/c1-3-18-10-4-7-14-24(18)17-13-23-20(21-2)22-12-6-9-16-25-15-8-5-11-19(25)26;/h5,8,11,15,18H,3-4,6-7,9-10,12-14,16-17H2,1-2H3,(H2,21,22,23);1H. The van der Waals surface area contributed by atoms with Gasteiger partial charge in [0, 0.05) is 51.5 Å². The van der Waals surface area contributed by atoms with Crippen LogP contribution in [0.5, 0.6) is 0 Å². The highest BCUT2D eigenvalue weighted by atomic mass is 127. The highest BCUT2D eigenvalue weighted by Gasteiger charge is 2.19. The van der Waals surface area contributed by atoms with E-state index in [1.807, 2.05) is 19.3 Å². The minimum Gasteiger partial charge on any atom is -0.356 e.